The molecule has 1 aromatic carbocycles. The lowest BCUT2D eigenvalue weighted by atomic mass is 10.0. The van der Waals surface area contributed by atoms with Gasteiger partial charge in [0.05, 0.1) is 3.79 Å². The summed E-state index contributed by atoms with van der Waals surface area (Å²) in [5, 5.41) is 3.47. The molecule has 0 saturated heterocycles. The minimum absolute atomic E-state index is 0.141. The van der Waals surface area contributed by atoms with Crippen LogP contribution in [0.3, 0.4) is 0 Å². The second-order valence-electron chi connectivity index (χ2n) is 4.53. The van der Waals surface area contributed by atoms with Crippen LogP contribution in [0.2, 0.25) is 0 Å². The van der Waals surface area contributed by atoms with E-state index in [1.165, 1.54) is 4.88 Å². The summed E-state index contributed by atoms with van der Waals surface area (Å²) in [4.78, 5) is 1.32. The summed E-state index contributed by atoms with van der Waals surface area (Å²) in [6.07, 6.45) is 0.926. The largest absolute Gasteiger partial charge is 0.310 e. The zero-order valence-corrected chi connectivity index (χ0v) is 13.4. The van der Waals surface area contributed by atoms with Crippen LogP contribution in [0.1, 0.15) is 29.0 Å². The lowest BCUT2D eigenvalue weighted by Crippen LogP contribution is -2.22. The van der Waals surface area contributed by atoms with E-state index in [1.807, 2.05) is 19.1 Å². The topological polar surface area (TPSA) is 12.0 Å². The van der Waals surface area contributed by atoms with Crippen LogP contribution in [-0.4, -0.2) is 6.54 Å². The van der Waals surface area contributed by atoms with E-state index in [0.717, 1.165) is 22.3 Å². The van der Waals surface area contributed by atoms with E-state index in [-0.39, 0.29) is 11.9 Å². The van der Waals surface area contributed by atoms with Crippen molar-refractivity contribution in [2.75, 3.05) is 6.54 Å². The Bertz CT molecular complexity index is 553. The van der Waals surface area contributed by atoms with Crippen molar-refractivity contribution in [2.24, 2.45) is 0 Å². The Morgan fingerprint density at radius 3 is 2.68 bits per heavy atom. The van der Waals surface area contributed by atoms with Crippen molar-refractivity contribution >= 4 is 27.3 Å². The van der Waals surface area contributed by atoms with Crippen molar-refractivity contribution in [3.63, 3.8) is 0 Å². The van der Waals surface area contributed by atoms with E-state index in [4.69, 9.17) is 0 Å². The van der Waals surface area contributed by atoms with Crippen LogP contribution in [0.4, 0.5) is 4.39 Å². The molecular weight excluding hydrogens is 325 g/mol. The lowest BCUT2D eigenvalue weighted by Gasteiger charge is -2.18. The number of hydrogen-bond acceptors (Lipinski definition) is 2. The summed E-state index contributed by atoms with van der Waals surface area (Å²) >= 11 is 5.23. The van der Waals surface area contributed by atoms with Gasteiger partial charge in [-0.25, -0.2) is 4.39 Å². The van der Waals surface area contributed by atoms with Crippen LogP contribution < -0.4 is 5.32 Å². The highest BCUT2D eigenvalue weighted by atomic mass is 79.9. The number of hydrogen-bond donors (Lipinski definition) is 1. The molecule has 4 heteroatoms. The van der Waals surface area contributed by atoms with Gasteiger partial charge in [-0.1, -0.05) is 19.1 Å². The molecule has 1 heterocycles. The first kappa shape index (κ1) is 14.7. The van der Waals surface area contributed by atoms with E-state index in [9.17, 15) is 4.39 Å². The SMILES string of the molecule is CCNC(Cc1ccc(Br)s1)c1ccc(F)c(C)c1. The maximum absolute atomic E-state index is 13.4. The quantitative estimate of drug-likeness (QED) is 0.819. The average Bonchev–Trinajstić information content (AvgIpc) is 2.78. The van der Waals surface area contributed by atoms with Gasteiger partial charge in [0.2, 0.25) is 0 Å². The van der Waals surface area contributed by atoms with Gasteiger partial charge in [-0.2, -0.15) is 0 Å². The first-order valence-corrected chi connectivity index (χ1v) is 7.94. The third-order valence-electron chi connectivity index (χ3n) is 3.07. The molecule has 0 amide bonds. The smallest absolute Gasteiger partial charge is 0.126 e. The second-order valence-corrected chi connectivity index (χ2v) is 7.08. The summed E-state index contributed by atoms with van der Waals surface area (Å²) in [5.41, 5.74) is 1.85. The van der Waals surface area contributed by atoms with Crippen LogP contribution in [-0.2, 0) is 6.42 Å². The summed E-state index contributed by atoms with van der Waals surface area (Å²) in [6, 6.07) is 9.80. The fraction of sp³-hybridized carbons (Fsp3) is 0.333. The number of likely N-dealkylation sites (N-methyl/N-ethyl adjacent to an activating group) is 1. The Kier molecular flexibility index (Phi) is 5.13. The Labute approximate surface area is 126 Å². The molecule has 1 unspecified atom stereocenters. The zero-order chi connectivity index (χ0) is 13.8. The summed E-state index contributed by atoms with van der Waals surface area (Å²) in [6.45, 7) is 4.80. The molecule has 0 saturated carbocycles. The molecule has 0 radical (unpaired) electrons. The van der Waals surface area contributed by atoms with Crippen molar-refractivity contribution in [1.29, 1.82) is 0 Å². The highest BCUT2D eigenvalue weighted by Gasteiger charge is 2.13. The van der Waals surface area contributed by atoms with Gasteiger partial charge in [-0.3, -0.25) is 0 Å². The van der Waals surface area contributed by atoms with Gasteiger partial charge in [0.25, 0.3) is 0 Å². The van der Waals surface area contributed by atoms with Crippen molar-refractivity contribution in [3.8, 4) is 0 Å². The van der Waals surface area contributed by atoms with Gasteiger partial charge in [0, 0.05) is 17.3 Å². The summed E-state index contributed by atoms with van der Waals surface area (Å²) in [5.74, 6) is -0.141. The number of thiophene rings is 1. The van der Waals surface area contributed by atoms with Crippen LogP contribution in [0.5, 0.6) is 0 Å². The van der Waals surface area contributed by atoms with Crippen LogP contribution >= 0.6 is 27.3 Å². The van der Waals surface area contributed by atoms with E-state index in [0.29, 0.717) is 5.56 Å². The monoisotopic (exact) mass is 341 g/mol. The minimum Gasteiger partial charge on any atom is -0.310 e. The lowest BCUT2D eigenvalue weighted by molar-refractivity contribution is 0.549. The molecule has 1 atom stereocenters. The van der Waals surface area contributed by atoms with Crippen molar-refractivity contribution in [1.82, 2.24) is 5.32 Å². The standard InChI is InChI=1S/C15H17BrFNS/c1-3-18-14(9-12-5-7-15(16)19-12)11-4-6-13(17)10(2)8-11/h4-8,14,18H,3,9H2,1-2H3. The molecule has 2 rings (SSSR count). The molecule has 0 aliphatic heterocycles. The number of rotatable bonds is 5. The molecule has 2 aromatic rings. The molecule has 1 nitrogen and oxygen atoms in total. The third kappa shape index (κ3) is 3.88. The molecular formula is C15H17BrFNS. The van der Waals surface area contributed by atoms with Gasteiger partial charge >= 0.3 is 0 Å². The fourth-order valence-corrected chi connectivity index (χ4v) is 3.63. The Morgan fingerprint density at radius 1 is 1.32 bits per heavy atom. The number of nitrogens with one attached hydrogen (secondary N) is 1. The second kappa shape index (κ2) is 6.64. The van der Waals surface area contributed by atoms with Gasteiger partial charge in [-0.05, 0) is 58.7 Å². The predicted molar refractivity (Wildman–Crippen MR) is 83.3 cm³/mol. The van der Waals surface area contributed by atoms with Crippen molar-refractivity contribution < 1.29 is 4.39 Å². The Balaban J connectivity index is 2.21. The summed E-state index contributed by atoms with van der Waals surface area (Å²) < 4.78 is 14.5. The van der Waals surface area contributed by atoms with Gasteiger partial charge < -0.3 is 5.32 Å². The Morgan fingerprint density at radius 2 is 2.11 bits per heavy atom. The third-order valence-corrected chi connectivity index (χ3v) is 4.72. The van der Waals surface area contributed by atoms with Crippen LogP contribution in [0.15, 0.2) is 34.1 Å². The van der Waals surface area contributed by atoms with E-state index < -0.39 is 0 Å². The maximum atomic E-state index is 13.4. The predicted octanol–water partition coefficient (Wildman–Crippen LogP) is 4.85. The van der Waals surface area contributed by atoms with Gasteiger partial charge in [-0.15, -0.1) is 11.3 Å². The fourth-order valence-electron chi connectivity index (χ4n) is 2.10. The van der Waals surface area contributed by atoms with Crippen LogP contribution in [0, 0.1) is 12.7 Å². The number of aryl methyl sites for hydroxylation is 1. The number of benzene rings is 1. The molecule has 1 aromatic heterocycles. The molecule has 0 bridgehead atoms. The highest BCUT2D eigenvalue weighted by Crippen LogP contribution is 2.27. The molecule has 0 aliphatic rings. The highest BCUT2D eigenvalue weighted by molar-refractivity contribution is 9.11. The first-order valence-electron chi connectivity index (χ1n) is 6.33. The molecule has 0 aliphatic carbocycles. The summed E-state index contributed by atoms with van der Waals surface area (Å²) in [7, 11) is 0. The van der Waals surface area contributed by atoms with Gasteiger partial charge in [0.1, 0.15) is 5.82 Å². The van der Waals surface area contributed by atoms with Crippen molar-refractivity contribution in [3.05, 3.63) is 55.9 Å². The van der Waals surface area contributed by atoms with E-state index in [2.05, 4.69) is 40.3 Å². The van der Waals surface area contributed by atoms with E-state index in [1.54, 1.807) is 17.4 Å². The molecule has 102 valence electrons. The average molecular weight is 342 g/mol. The molecule has 0 fully saturated rings. The van der Waals surface area contributed by atoms with Gasteiger partial charge in [0.15, 0.2) is 0 Å². The van der Waals surface area contributed by atoms with Crippen LogP contribution in [0.25, 0.3) is 0 Å². The van der Waals surface area contributed by atoms with Crippen molar-refractivity contribution in [2.45, 2.75) is 26.3 Å². The molecule has 1 N–H and O–H groups in total. The molecule has 0 spiro atoms. The van der Waals surface area contributed by atoms with E-state index >= 15 is 0 Å². The zero-order valence-electron chi connectivity index (χ0n) is 11.0. The first-order chi connectivity index (χ1) is 9.10. The minimum atomic E-state index is -0.141. The number of halogens is 2. The Hall–Kier alpha value is -0.710. The molecule has 19 heavy (non-hydrogen) atoms. The normalized spacial score (nSPS) is 12.6. The maximum Gasteiger partial charge on any atom is 0.126 e.